The molecule has 0 aliphatic carbocycles. The van der Waals surface area contributed by atoms with Crippen LogP contribution >= 0.6 is 39.0 Å². The number of aromatic nitrogens is 4. The van der Waals surface area contributed by atoms with E-state index in [1.165, 1.54) is 30.0 Å². The van der Waals surface area contributed by atoms with Gasteiger partial charge in [-0.15, -0.1) is 16.4 Å². The molecule has 144 valence electrons. The van der Waals surface area contributed by atoms with Crippen LogP contribution in [0.25, 0.3) is 15.9 Å². The van der Waals surface area contributed by atoms with E-state index in [2.05, 4.69) is 26.0 Å². The molecular weight excluding hydrogens is 466 g/mol. The Morgan fingerprint density at radius 3 is 2.81 bits per heavy atom. The van der Waals surface area contributed by atoms with E-state index in [1.54, 1.807) is 19.1 Å². The van der Waals surface area contributed by atoms with Crippen molar-refractivity contribution < 1.29 is 18.3 Å². The normalized spacial score (nSPS) is 11.5. The molecule has 0 fully saturated rings. The van der Waals surface area contributed by atoms with E-state index in [4.69, 9.17) is 4.74 Å². The van der Waals surface area contributed by atoms with E-state index in [0.717, 1.165) is 9.38 Å². The molecule has 0 spiro atoms. The maximum Gasteiger partial charge on any atom is 0.355 e. The molecule has 0 aliphatic rings. The molecule has 12 heteroatoms. The predicted octanol–water partition coefficient (Wildman–Crippen LogP) is 3.76. The van der Waals surface area contributed by atoms with Gasteiger partial charge in [0.25, 0.3) is 0 Å². The van der Waals surface area contributed by atoms with Crippen molar-refractivity contribution in [2.45, 2.75) is 24.7 Å². The van der Waals surface area contributed by atoms with Crippen LogP contribution in [-0.2, 0) is 9.53 Å². The van der Waals surface area contributed by atoms with Gasteiger partial charge in [-0.3, -0.25) is 4.79 Å². The Kier molecular flexibility index (Phi) is 5.96. The van der Waals surface area contributed by atoms with E-state index in [0.29, 0.717) is 31.2 Å². The number of aryl methyl sites for hydroxylation is 1. The van der Waals surface area contributed by atoms with E-state index in [-0.39, 0.29) is 17.5 Å². The zero-order chi connectivity index (χ0) is 19.7. The molecule has 2 heterocycles. The number of benzene rings is 1. The molecule has 1 aromatic carbocycles. The highest BCUT2D eigenvalue weighted by atomic mass is 79.9. The van der Waals surface area contributed by atoms with Crippen molar-refractivity contribution in [2.24, 2.45) is 0 Å². The molecule has 0 aliphatic heterocycles. The van der Waals surface area contributed by atoms with Crippen molar-refractivity contribution in [1.82, 2.24) is 19.3 Å². The fourth-order valence-electron chi connectivity index (χ4n) is 2.32. The summed E-state index contributed by atoms with van der Waals surface area (Å²) in [5, 5.41) is 3.92. The molecule has 0 saturated heterocycles. The number of esters is 1. The summed E-state index contributed by atoms with van der Waals surface area (Å²) >= 11 is 5.97. The first kappa shape index (κ1) is 20.0. The molecule has 0 radical (unpaired) electrons. The van der Waals surface area contributed by atoms with Gasteiger partial charge in [0.05, 0.1) is 28.3 Å². The molecule has 2 aromatic heterocycles. The number of hydrogen-bond donors (Lipinski definition) is 0. The summed E-state index contributed by atoms with van der Waals surface area (Å²) in [6.45, 7) is 0.412. The maximum absolute atomic E-state index is 13.0. The molecular formula is C15H13BrF2N4O3S2. The van der Waals surface area contributed by atoms with Gasteiger partial charge in [0, 0.05) is 4.47 Å². The largest absolute Gasteiger partial charge is 0.465 e. The van der Waals surface area contributed by atoms with Gasteiger partial charge in [-0.25, -0.2) is 14.3 Å². The minimum atomic E-state index is -2.97. The lowest BCUT2D eigenvalue weighted by molar-refractivity contribution is -0.139. The number of alkyl halides is 2. The number of fused-ring (bicyclic) bond motifs is 1. The van der Waals surface area contributed by atoms with Crippen LogP contribution in [0.4, 0.5) is 8.78 Å². The Morgan fingerprint density at radius 1 is 1.44 bits per heavy atom. The van der Waals surface area contributed by atoms with Crippen molar-refractivity contribution in [3.8, 4) is 5.69 Å². The third kappa shape index (κ3) is 4.06. The quantitative estimate of drug-likeness (QED) is 0.396. The fourth-order valence-corrected chi connectivity index (χ4v) is 4.87. The van der Waals surface area contributed by atoms with Crippen LogP contribution in [0.15, 0.2) is 25.7 Å². The average molecular weight is 479 g/mol. The first-order valence-electron chi connectivity index (χ1n) is 7.67. The Morgan fingerprint density at radius 2 is 2.19 bits per heavy atom. The molecule has 27 heavy (non-hydrogen) atoms. The molecule has 0 amide bonds. The molecule has 0 atom stereocenters. The van der Waals surface area contributed by atoms with E-state index in [9.17, 15) is 18.4 Å². The lowest BCUT2D eigenvalue weighted by Gasteiger charge is -2.03. The second-order valence-corrected chi connectivity index (χ2v) is 8.34. The van der Waals surface area contributed by atoms with Crippen molar-refractivity contribution in [3.05, 3.63) is 32.9 Å². The first-order valence-corrected chi connectivity index (χ1v) is 10.3. The Bertz CT molecular complexity index is 1060. The van der Waals surface area contributed by atoms with E-state index >= 15 is 0 Å². The SMILES string of the molecule is CCOC(=O)CSc1nc2cc(-n3nc(C)n(C(F)F)c3=O)c(Br)cc2s1. The predicted molar refractivity (Wildman–Crippen MR) is 102 cm³/mol. The number of nitrogens with zero attached hydrogens (tertiary/aromatic N) is 4. The van der Waals surface area contributed by atoms with Crippen LogP contribution in [0.3, 0.4) is 0 Å². The highest BCUT2D eigenvalue weighted by molar-refractivity contribution is 9.10. The Labute approximate surface area is 168 Å². The molecule has 0 N–H and O–H groups in total. The number of rotatable bonds is 6. The topological polar surface area (TPSA) is 79.0 Å². The second kappa shape index (κ2) is 8.07. The first-order chi connectivity index (χ1) is 12.8. The number of thiazole rings is 1. The fraction of sp³-hybridized carbons (Fsp3) is 0.333. The number of thioether (sulfide) groups is 1. The Hall–Kier alpha value is -1.79. The summed E-state index contributed by atoms with van der Waals surface area (Å²) in [5.41, 5.74) is -0.0577. The van der Waals surface area contributed by atoms with Gasteiger partial charge in [-0.2, -0.15) is 13.5 Å². The zero-order valence-electron chi connectivity index (χ0n) is 14.1. The highest BCUT2D eigenvalue weighted by Gasteiger charge is 2.20. The van der Waals surface area contributed by atoms with Crippen molar-refractivity contribution in [3.63, 3.8) is 0 Å². The summed E-state index contributed by atoms with van der Waals surface area (Å²) < 4.78 is 34.1. The van der Waals surface area contributed by atoms with Crippen molar-refractivity contribution in [2.75, 3.05) is 12.4 Å². The van der Waals surface area contributed by atoms with Crippen molar-refractivity contribution in [1.29, 1.82) is 0 Å². The Balaban J connectivity index is 1.97. The molecule has 3 aromatic rings. The van der Waals surface area contributed by atoms with Gasteiger partial charge < -0.3 is 4.74 Å². The van der Waals surface area contributed by atoms with E-state index < -0.39 is 12.2 Å². The van der Waals surface area contributed by atoms with Crippen LogP contribution in [0.2, 0.25) is 0 Å². The summed E-state index contributed by atoms with van der Waals surface area (Å²) in [6, 6.07) is 3.33. The lowest BCUT2D eigenvalue weighted by Crippen LogP contribution is -2.24. The van der Waals surface area contributed by atoms with Gasteiger partial charge >= 0.3 is 18.2 Å². The molecule has 0 unspecified atom stereocenters. The number of hydrogen-bond acceptors (Lipinski definition) is 7. The smallest absolute Gasteiger partial charge is 0.355 e. The third-order valence-electron chi connectivity index (χ3n) is 3.46. The summed E-state index contributed by atoms with van der Waals surface area (Å²) in [4.78, 5) is 28.1. The molecule has 3 rings (SSSR count). The molecule has 7 nitrogen and oxygen atoms in total. The number of carbonyl (C=O) groups is 1. The van der Waals surface area contributed by atoms with Gasteiger partial charge in [-0.05, 0) is 41.9 Å². The monoisotopic (exact) mass is 478 g/mol. The van der Waals surface area contributed by atoms with Crippen LogP contribution in [0, 0.1) is 6.92 Å². The summed E-state index contributed by atoms with van der Waals surface area (Å²) in [6.07, 6.45) is 0. The van der Waals surface area contributed by atoms with Crippen LogP contribution in [-0.4, -0.2) is 37.7 Å². The van der Waals surface area contributed by atoms with Gasteiger partial charge in [0.1, 0.15) is 5.82 Å². The molecule has 0 bridgehead atoms. The van der Waals surface area contributed by atoms with Crippen LogP contribution in [0.1, 0.15) is 19.3 Å². The molecule has 0 saturated carbocycles. The van der Waals surface area contributed by atoms with Gasteiger partial charge in [0.2, 0.25) is 0 Å². The number of carbonyl (C=O) groups excluding carboxylic acids is 1. The van der Waals surface area contributed by atoms with E-state index in [1.807, 2.05) is 0 Å². The summed E-state index contributed by atoms with van der Waals surface area (Å²) in [5.74, 6) is -0.284. The lowest BCUT2D eigenvalue weighted by atomic mass is 10.3. The second-order valence-electron chi connectivity index (χ2n) is 5.23. The number of halogens is 3. The van der Waals surface area contributed by atoms with Gasteiger partial charge in [-0.1, -0.05) is 11.8 Å². The highest BCUT2D eigenvalue weighted by Crippen LogP contribution is 2.34. The average Bonchev–Trinajstić information content (AvgIpc) is 3.12. The standard InChI is InChI=1S/C15H13BrF2N4O3S2/c1-3-25-12(23)6-26-14-19-9-5-10(8(16)4-11(9)27-14)22-15(24)21(13(17)18)7(2)20-22/h4-5,13H,3,6H2,1-2H3. The minimum absolute atomic E-state index is 0.0917. The van der Waals surface area contributed by atoms with Crippen LogP contribution < -0.4 is 5.69 Å². The van der Waals surface area contributed by atoms with Crippen molar-refractivity contribution >= 4 is 55.2 Å². The maximum atomic E-state index is 13.0. The van der Waals surface area contributed by atoms with Crippen LogP contribution in [0.5, 0.6) is 0 Å². The number of ether oxygens (including phenoxy) is 1. The summed E-state index contributed by atoms with van der Waals surface area (Å²) in [7, 11) is 0. The minimum Gasteiger partial charge on any atom is -0.465 e. The zero-order valence-corrected chi connectivity index (χ0v) is 17.3. The third-order valence-corrected chi connectivity index (χ3v) is 6.23. The van der Waals surface area contributed by atoms with Gasteiger partial charge in [0.15, 0.2) is 4.34 Å².